The fourth-order valence-electron chi connectivity index (χ4n) is 7.83. The Bertz CT molecular complexity index is 2110. The Balaban J connectivity index is 1.08. The summed E-state index contributed by atoms with van der Waals surface area (Å²) >= 11 is 0. The van der Waals surface area contributed by atoms with Crippen molar-refractivity contribution in [2.45, 2.75) is 96.5 Å². The minimum atomic E-state index is -4.24. The average Bonchev–Trinajstić information content (AvgIpc) is 3.76. The van der Waals surface area contributed by atoms with Crippen LogP contribution in [0.2, 0.25) is 0 Å². The number of anilines is 1. The number of likely N-dealkylation sites (tertiary alicyclic amines) is 1. The molecule has 1 atom stereocenters. The van der Waals surface area contributed by atoms with Gasteiger partial charge in [0.1, 0.15) is 11.6 Å². The zero-order valence-corrected chi connectivity index (χ0v) is 34.9. The van der Waals surface area contributed by atoms with Crippen LogP contribution in [0.5, 0.6) is 0 Å². The highest BCUT2D eigenvalue weighted by atomic mass is 19.4. The Hall–Kier alpha value is -5.84. The highest BCUT2D eigenvalue weighted by Gasteiger charge is 2.33. The second-order valence-corrected chi connectivity index (χ2v) is 17.0. The van der Waals surface area contributed by atoms with E-state index in [2.05, 4.69) is 41.9 Å². The van der Waals surface area contributed by atoms with E-state index in [4.69, 9.17) is 4.74 Å². The van der Waals surface area contributed by atoms with Crippen molar-refractivity contribution in [3.8, 4) is 22.5 Å². The smallest absolute Gasteiger partial charge is 0.407 e. The molecule has 4 aromatic rings. The van der Waals surface area contributed by atoms with Crippen LogP contribution in [0.15, 0.2) is 66.7 Å². The number of piperidine rings is 1. The minimum absolute atomic E-state index is 0.196. The number of aromatic amines is 1. The Labute approximate surface area is 353 Å². The van der Waals surface area contributed by atoms with Gasteiger partial charge in [-0.3, -0.25) is 19.3 Å². The number of benzene rings is 3. The van der Waals surface area contributed by atoms with Gasteiger partial charge in [0, 0.05) is 54.8 Å². The lowest BCUT2D eigenvalue weighted by Crippen LogP contribution is -2.48. The van der Waals surface area contributed by atoms with Crippen LogP contribution in [0.25, 0.3) is 22.5 Å². The first kappa shape index (κ1) is 44.7. The van der Waals surface area contributed by atoms with Crippen molar-refractivity contribution >= 4 is 29.5 Å². The third-order valence-corrected chi connectivity index (χ3v) is 11.1. The fraction of sp³-hybridized carbons (Fsp3) is 0.477. The van der Waals surface area contributed by atoms with Crippen molar-refractivity contribution in [1.29, 1.82) is 0 Å². The summed E-state index contributed by atoms with van der Waals surface area (Å²) in [4.78, 5) is 54.2. The van der Waals surface area contributed by atoms with Crippen LogP contribution in [0.1, 0.15) is 80.8 Å². The molecule has 6 rings (SSSR count). The molecule has 17 heteroatoms. The molecule has 14 nitrogen and oxygen atoms in total. The van der Waals surface area contributed by atoms with Gasteiger partial charge in [0.25, 0.3) is 5.91 Å². The molecular weight excluding hydrogens is 792 g/mol. The van der Waals surface area contributed by atoms with E-state index < -0.39 is 30.5 Å². The number of alkyl halides is 3. The maximum absolute atomic E-state index is 13.9. The van der Waals surface area contributed by atoms with Crippen molar-refractivity contribution in [2.24, 2.45) is 11.8 Å². The lowest BCUT2D eigenvalue weighted by atomic mass is 9.81. The summed E-state index contributed by atoms with van der Waals surface area (Å²) in [5.74, 6) is -0.498. The Morgan fingerprint density at radius 3 is 2.16 bits per heavy atom. The maximum Gasteiger partial charge on any atom is 0.407 e. The topological polar surface area (TPSA) is 183 Å². The first-order valence-electron chi connectivity index (χ1n) is 20.7. The van der Waals surface area contributed by atoms with E-state index in [-0.39, 0.29) is 55.1 Å². The van der Waals surface area contributed by atoms with Crippen molar-refractivity contribution in [3.05, 3.63) is 83.4 Å². The molecule has 0 radical (unpaired) electrons. The lowest BCUT2D eigenvalue weighted by Gasteiger charge is -2.32. The Kier molecular flexibility index (Phi) is 14.4. The summed E-state index contributed by atoms with van der Waals surface area (Å²) in [6.45, 7) is 7.40. The molecule has 3 aromatic carbocycles. The molecule has 1 saturated heterocycles. The third-order valence-electron chi connectivity index (χ3n) is 11.1. The summed E-state index contributed by atoms with van der Waals surface area (Å²) < 4.78 is 43.7. The molecule has 4 amide bonds. The SMILES string of the molecule is Cc1cc(C(=O)NC2CCN(CC(F)(F)F)CC2)ccc1-c1ccc(C[C@H](NC(=O)C2CCC(CNC(=O)OC(C)(C)C)CC2)C(=O)Nc2ccc(-c3nn[nH]n3)cc2)cc1. The minimum Gasteiger partial charge on any atom is -0.444 e. The van der Waals surface area contributed by atoms with Crippen LogP contribution in [0.4, 0.5) is 23.7 Å². The zero-order chi connectivity index (χ0) is 43.7. The summed E-state index contributed by atoms with van der Waals surface area (Å²) in [6.07, 6.45) is -0.845. The fourth-order valence-corrected chi connectivity index (χ4v) is 7.83. The van der Waals surface area contributed by atoms with Crippen molar-refractivity contribution in [1.82, 2.24) is 41.5 Å². The highest BCUT2D eigenvalue weighted by Crippen LogP contribution is 2.30. The second-order valence-electron chi connectivity index (χ2n) is 17.0. The third kappa shape index (κ3) is 13.3. The summed E-state index contributed by atoms with van der Waals surface area (Å²) in [5.41, 5.74) is 4.62. The molecule has 0 spiro atoms. The number of ether oxygens (including phenoxy) is 1. The van der Waals surface area contributed by atoms with Gasteiger partial charge in [0.2, 0.25) is 17.6 Å². The molecular formula is C44H54F3N9O5. The van der Waals surface area contributed by atoms with Crippen molar-refractivity contribution in [3.63, 3.8) is 0 Å². The normalized spacial score (nSPS) is 18.1. The Morgan fingerprint density at radius 2 is 1.56 bits per heavy atom. The average molecular weight is 846 g/mol. The van der Waals surface area contributed by atoms with E-state index in [9.17, 15) is 32.3 Å². The van der Waals surface area contributed by atoms with Crippen LogP contribution in [0, 0.1) is 18.8 Å². The van der Waals surface area contributed by atoms with E-state index >= 15 is 0 Å². The standard InChI is InChI=1S/C44H54F3N9O5/c1-27-23-33(40(58)49-35-19-21-56(22-20-35)26-44(45,46)47)15-18-36(27)30-9-5-28(6-10-30)24-37(41(59)50-34-16-13-31(14-17-34)38-52-54-55-53-38)51-39(57)32-11-7-29(8-12-32)25-48-42(60)61-43(2,3)4/h5-6,9-10,13-18,23,29,32,35,37H,7-8,11-12,19-22,24-26H2,1-4H3,(H,48,60)(H,49,58)(H,50,59)(H,51,57)(H,52,53,54,55)/t29?,32?,37-/m0/s1. The summed E-state index contributed by atoms with van der Waals surface area (Å²) in [6, 6.07) is 19.0. The van der Waals surface area contributed by atoms with E-state index in [1.54, 1.807) is 36.4 Å². The van der Waals surface area contributed by atoms with Crippen LogP contribution in [-0.4, -0.2) is 99.4 Å². The van der Waals surface area contributed by atoms with Crippen LogP contribution in [0.3, 0.4) is 0 Å². The van der Waals surface area contributed by atoms with E-state index in [0.29, 0.717) is 54.9 Å². The van der Waals surface area contributed by atoms with Gasteiger partial charge in [0.15, 0.2) is 0 Å². The molecule has 61 heavy (non-hydrogen) atoms. The number of alkyl carbamates (subject to hydrolysis) is 1. The summed E-state index contributed by atoms with van der Waals surface area (Å²) in [5, 5.41) is 25.8. The number of rotatable bonds is 13. The number of nitrogens with one attached hydrogen (secondary N) is 5. The molecule has 1 aromatic heterocycles. The number of amides is 4. The predicted octanol–water partition coefficient (Wildman–Crippen LogP) is 6.60. The molecule has 2 aliphatic rings. The molecule has 0 bridgehead atoms. The molecule has 5 N–H and O–H groups in total. The lowest BCUT2D eigenvalue weighted by molar-refractivity contribution is -0.148. The van der Waals surface area contributed by atoms with Gasteiger partial charge in [-0.05, 0) is 136 Å². The molecule has 2 fully saturated rings. The van der Waals surface area contributed by atoms with Gasteiger partial charge >= 0.3 is 12.3 Å². The van der Waals surface area contributed by atoms with Crippen LogP contribution < -0.4 is 21.3 Å². The van der Waals surface area contributed by atoms with E-state index in [1.165, 1.54) is 4.90 Å². The van der Waals surface area contributed by atoms with E-state index in [1.807, 2.05) is 58.0 Å². The second kappa shape index (κ2) is 19.7. The molecule has 0 unspecified atom stereocenters. The van der Waals surface area contributed by atoms with E-state index in [0.717, 1.165) is 35.1 Å². The summed E-state index contributed by atoms with van der Waals surface area (Å²) in [7, 11) is 0. The number of aryl methyl sites for hydroxylation is 1. The number of carbonyl (C=O) groups excluding carboxylic acids is 4. The number of H-pyrrole nitrogens is 1. The number of hydrogen-bond donors (Lipinski definition) is 5. The first-order valence-corrected chi connectivity index (χ1v) is 20.7. The van der Waals surface area contributed by atoms with Crippen LogP contribution in [-0.2, 0) is 20.7 Å². The van der Waals surface area contributed by atoms with Gasteiger partial charge in [-0.15, -0.1) is 10.2 Å². The van der Waals surface area contributed by atoms with Gasteiger partial charge in [-0.1, -0.05) is 30.3 Å². The quantitative estimate of drug-likeness (QED) is 0.0991. The van der Waals surface area contributed by atoms with Gasteiger partial charge in [-0.2, -0.15) is 18.4 Å². The predicted molar refractivity (Wildman–Crippen MR) is 223 cm³/mol. The number of aromatic nitrogens is 4. The highest BCUT2D eigenvalue weighted by molar-refractivity contribution is 5.98. The van der Waals surface area contributed by atoms with Gasteiger partial charge in [-0.25, -0.2) is 4.79 Å². The molecule has 326 valence electrons. The monoisotopic (exact) mass is 845 g/mol. The first-order chi connectivity index (χ1) is 29.0. The number of hydrogen-bond acceptors (Lipinski definition) is 9. The molecule has 1 aliphatic carbocycles. The molecule has 1 aliphatic heterocycles. The van der Waals surface area contributed by atoms with Crippen LogP contribution >= 0.6 is 0 Å². The van der Waals surface area contributed by atoms with Gasteiger partial charge < -0.3 is 26.0 Å². The number of carbonyl (C=O) groups is 4. The Morgan fingerprint density at radius 1 is 0.885 bits per heavy atom. The van der Waals surface area contributed by atoms with Crippen molar-refractivity contribution < 1.29 is 37.1 Å². The number of tetrazole rings is 1. The van der Waals surface area contributed by atoms with Crippen molar-refractivity contribution in [2.75, 3.05) is 31.5 Å². The zero-order valence-electron chi connectivity index (χ0n) is 34.9. The molecule has 2 heterocycles. The molecule has 1 saturated carbocycles. The number of halogens is 3. The van der Waals surface area contributed by atoms with Gasteiger partial charge in [0.05, 0.1) is 6.54 Å². The maximum atomic E-state index is 13.9. The largest absolute Gasteiger partial charge is 0.444 e. The number of nitrogens with zero attached hydrogens (tertiary/aromatic N) is 4.